The molecule has 1 aliphatic rings. The fourth-order valence-corrected chi connectivity index (χ4v) is 2.88. The number of carbonyl (C=O) groups excluding carboxylic acids is 1. The number of esters is 1. The van der Waals surface area contributed by atoms with Crippen molar-refractivity contribution in [1.82, 2.24) is 0 Å². The summed E-state index contributed by atoms with van der Waals surface area (Å²) < 4.78 is 122. The predicted molar refractivity (Wildman–Crippen MR) is 78.3 cm³/mol. The average Bonchev–Trinajstić information content (AvgIpc) is 3.33. The zero-order valence-corrected chi connectivity index (χ0v) is 14.4. The first-order valence-electron chi connectivity index (χ1n) is 7.31. The van der Waals surface area contributed by atoms with Crippen molar-refractivity contribution in [3.8, 4) is 5.75 Å². The quantitative estimate of drug-likeness (QED) is 0.302. The Hall–Kier alpha value is -2.06. The Morgan fingerprint density at radius 2 is 1.61 bits per heavy atom. The lowest BCUT2D eigenvalue weighted by atomic mass is 10.1. The summed E-state index contributed by atoms with van der Waals surface area (Å²) in [7, 11) is -5.84. The zero-order valence-electron chi connectivity index (χ0n) is 13.6. The SMILES string of the molecule is O=C(OC(CS(=O)(=O)O)(C(F)(F)F)C(F)(F)F)c1ccc(OCC2CO2)cc1. The lowest BCUT2D eigenvalue weighted by Crippen LogP contribution is -2.63. The largest absolute Gasteiger partial charge is 0.491 e. The van der Waals surface area contributed by atoms with Gasteiger partial charge in [-0.05, 0) is 24.3 Å². The maximum Gasteiger partial charge on any atom is 0.438 e. The van der Waals surface area contributed by atoms with Crippen LogP contribution in [0.3, 0.4) is 0 Å². The van der Waals surface area contributed by atoms with Crippen LogP contribution in [0.15, 0.2) is 24.3 Å². The summed E-state index contributed by atoms with van der Waals surface area (Å²) in [5, 5.41) is 0. The number of hydrogen-bond acceptors (Lipinski definition) is 6. The number of rotatable bonds is 7. The van der Waals surface area contributed by atoms with Gasteiger partial charge < -0.3 is 14.2 Å². The van der Waals surface area contributed by atoms with Crippen LogP contribution < -0.4 is 4.74 Å². The molecule has 0 aliphatic carbocycles. The third-order valence-corrected chi connectivity index (χ3v) is 4.27. The average molecular weight is 438 g/mol. The standard InChI is InChI=1S/C14H12F6O7S/c15-13(16,17)12(14(18,19)20,7-28(22,23)24)27-11(21)8-1-3-9(4-2-8)25-5-10-6-26-10/h1-4,10H,5-7H2,(H,22,23,24). The van der Waals surface area contributed by atoms with E-state index in [1.807, 2.05) is 0 Å². The predicted octanol–water partition coefficient (Wildman–Crippen LogP) is 2.37. The highest BCUT2D eigenvalue weighted by atomic mass is 32.2. The third-order valence-electron chi connectivity index (χ3n) is 3.50. The van der Waals surface area contributed by atoms with Crippen molar-refractivity contribution in [1.29, 1.82) is 0 Å². The Labute approximate surface area is 153 Å². The minimum Gasteiger partial charge on any atom is -0.491 e. The van der Waals surface area contributed by atoms with E-state index in [2.05, 4.69) is 4.74 Å². The van der Waals surface area contributed by atoms with Crippen molar-refractivity contribution >= 4 is 16.1 Å². The Morgan fingerprint density at radius 1 is 1.11 bits per heavy atom. The summed E-state index contributed by atoms with van der Waals surface area (Å²) in [6, 6.07) is 3.84. The van der Waals surface area contributed by atoms with E-state index in [4.69, 9.17) is 14.0 Å². The molecule has 14 heteroatoms. The molecule has 1 atom stereocenters. The van der Waals surface area contributed by atoms with Gasteiger partial charge in [0.25, 0.3) is 10.1 Å². The maximum absolute atomic E-state index is 13.1. The number of carbonyl (C=O) groups is 1. The highest BCUT2D eigenvalue weighted by Gasteiger charge is 2.76. The van der Waals surface area contributed by atoms with Crippen LogP contribution in [0.1, 0.15) is 10.4 Å². The Kier molecular flexibility index (Phi) is 5.88. The first-order valence-corrected chi connectivity index (χ1v) is 8.92. The van der Waals surface area contributed by atoms with Gasteiger partial charge in [-0.3, -0.25) is 4.55 Å². The van der Waals surface area contributed by atoms with Gasteiger partial charge >= 0.3 is 23.9 Å². The highest BCUT2D eigenvalue weighted by molar-refractivity contribution is 7.85. The smallest absolute Gasteiger partial charge is 0.438 e. The van der Waals surface area contributed by atoms with Crippen molar-refractivity contribution < 1.29 is 58.3 Å². The fourth-order valence-electron chi connectivity index (χ4n) is 1.98. The Bertz CT molecular complexity index is 798. The van der Waals surface area contributed by atoms with Gasteiger partial charge in [0.1, 0.15) is 24.2 Å². The van der Waals surface area contributed by atoms with Crippen LogP contribution >= 0.6 is 0 Å². The van der Waals surface area contributed by atoms with E-state index in [0.29, 0.717) is 6.61 Å². The van der Waals surface area contributed by atoms with Crippen molar-refractivity contribution in [3.05, 3.63) is 29.8 Å². The van der Waals surface area contributed by atoms with Crippen LogP contribution in [0.5, 0.6) is 5.75 Å². The molecule has 1 aromatic carbocycles. The Morgan fingerprint density at radius 3 is 2.00 bits per heavy atom. The first-order chi connectivity index (χ1) is 12.6. The Balaban J connectivity index is 2.28. The van der Waals surface area contributed by atoms with Gasteiger partial charge in [-0.15, -0.1) is 0 Å². The molecule has 0 aromatic heterocycles. The number of hydrogen-bond donors (Lipinski definition) is 1. The summed E-state index contributed by atoms with van der Waals surface area (Å²) in [4.78, 5) is 11.9. The lowest BCUT2D eigenvalue weighted by molar-refractivity contribution is -0.356. The second-order valence-electron chi connectivity index (χ2n) is 5.73. The number of ether oxygens (including phenoxy) is 3. The molecule has 0 amide bonds. The van der Waals surface area contributed by atoms with E-state index in [1.165, 1.54) is 0 Å². The molecule has 28 heavy (non-hydrogen) atoms. The monoisotopic (exact) mass is 438 g/mol. The highest BCUT2D eigenvalue weighted by Crippen LogP contribution is 2.47. The molecule has 1 fully saturated rings. The molecule has 0 radical (unpaired) electrons. The maximum atomic E-state index is 13.1. The zero-order chi connectivity index (χ0) is 21.4. The van der Waals surface area contributed by atoms with Crippen LogP contribution in [0, 0.1) is 0 Å². The lowest BCUT2D eigenvalue weighted by Gasteiger charge is -2.35. The third kappa shape index (κ3) is 5.26. The number of epoxide rings is 1. The second-order valence-corrected chi connectivity index (χ2v) is 7.18. The first kappa shape index (κ1) is 22.2. The molecular weight excluding hydrogens is 426 g/mol. The van der Waals surface area contributed by atoms with Gasteiger partial charge in [0, 0.05) is 0 Å². The van der Waals surface area contributed by atoms with E-state index in [1.54, 1.807) is 0 Å². The van der Waals surface area contributed by atoms with Gasteiger partial charge in [-0.1, -0.05) is 0 Å². The molecule has 1 aromatic rings. The van der Waals surface area contributed by atoms with Crippen molar-refractivity contribution in [3.63, 3.8) is 0 Å². The van der Waals surface area contributed by atoms with Crippen LogP contribution in [0.4, 0.5) is 26.3 Å². The van der Waals surface area contributed by atoms with Gasteiger partial charge in [0.15, 0.2) is 0 Å². The van der Waals surface area contributed by atoms with Crippen molar-refractivity contribution in [2.75, 3.05) is 19.0 Å². The topological polar surface area (TPSA) is 102 Å². The molecule has 1 heterocycles. The molecule has 1 unspecified atom stereocenters. The molecule has 1 aliphatic heterocycles. The number of halogens is 6. The van der Waals surface area contributed by atoms with E-state index in [-0.39, 0.29) is 18.5 Å². The van der Waals surface area contributed by atoms with Crippen LogP contribution in [-0.4, -0.2) is 62.0 Å². The van der Waals surface area contributed by atoms with E-state index >= 15 is 0 Å². The molecule has 1 saturated heterocycles. The summed E-state index contributed by atoms with van der Waals surface area (Å²) >= 11 is 0. The summed E-state index contributed by atoms with van der Waals surface area (Å²) in [6.07, 6.45) is -12.9. The summed E-state index contributed by atoms with van der Waals surface area (Å²) in [5.41, 5.74) is -6.19. The molecular formula is C14H12F6O7S. The van der Waals surface area contributed by atoms with E-state index < -0.39 is 45.4 Å². The molecule has 0 bridgehead atoms. The van der Waals surface area contributed by atoms with Gasteiger partial charge in [-0.25, -0.2) is 4.79 Å². The molecule has 0 saturated carbocycles. The van der Waals surface area contributed by atoms with Crippen molar-refractivity contribution in [2.24, 2.45) is 0 Å². The van der Waals surface area contributed by atoms with Crippen molar-refractivity contribution in [2.45, 2.75) is 24.1 Å². The van der Waals surface area contributed by atoms with Crippen LogP contribution in [0.2, 0.25) is 0 Å². The molecule has 7 nitrogen and oxygen atoms in total. The number of alkyl halides is 6. The summed E-state index contributed by atoms with van der Waals surface area (Å²) in [6.45, 7) is 0.637. The van der Waals surface area contributed by atoms with E-state index in [0.717, 1.165) is 24.3 Å². The van der Waals surface area contributed by atoms with Crippen LogP contribution in [-0.2, 0) is 19.6 Å². The van der Waals surface area contributed by atoms with Crippen LogP contribution in [0.25, 0.3) is 0 Å². The molecule has 0 spiro atoms. The van der Waals surface area contributed by atoms with Gasteiger partial charge in [0.05, 0.1) is 12.2 Å². The molecule has 2 rings (SSSR count). The fraction of sp³-hybridized carbons (Fsp3) is 0.500. The minimum atomic E-state index is -6.38. The van der Waals surface area contributed by atoms with E-state index in [9.17, 15) is 39.6 Å². The van der Waals surface area contributed by atoms with Gasteiger partial charge in [-0.2, -0.15) is 34.8 Å². The normalized spacial score (nSPS) is 17.9. The summed E-state index contributed by atoms with van der Waals surface area (Å²) in [5.74, 6) is -4.89. The second kappa shape index (κ2) is 7.40. The molecule has 1 N–H and O–H groups in total. The number of benzene rings is 1. The minimum absolute atomic E-state index is 0.121. The van der Waals surface area contributed by atoms with Gasteiger partial charge in [0.2, 0.25) is 0 Å². The molecule has 158 valence electrons.